The number of amides is 1. The van der Waals surface area contributed by atoms with Crippen LogP contribution in [0.2, 0.25) is 0 Å². The summed E-state index contributed by atoms with van der Waals surface area (Å²) in [4.78, 5) is 14.5. The van der Waals surface area contributed by atoms with Gasteiger partial charge in [0.25, 0.3) is 0 Å². The van der Waals surface area contributed by atoms with E-state index in [1.54, 1.807) is 0 Å². The lowest BCUT2D eigenvalue weighted by Gasteiger charge is -2.23. The number of carbonyl (C=O) groups excluding carboxylic acids is 1. The second-order valence-corrected chi connectivity index (χ2v) is 6.96. The first-order valence-corrected chi connectivity index (χ1v) is 8.81. The van der Waals surface area contributed by atoms with Crippen LogP contribution in [-0.2, 0) is 11.3 Å². The summed E-state index contributed by atoms with van der Waals surface area (Å²) >= 11 is 3.49. The first-order chi connectivity index (χ1) is 12.0. The number of hydrogen-bond acceptors (Lipinski definition) is 4. The van der Waals surface area contributed by atoms with E-state index in [-0.39, 0.29) is 11.9 Å². The molecule has 0 aliphatic carbocycles. The number of anilines is 1. The molecule has 0 fully saturated rings. The molecule has 25 heavy (non-hydrogen) atoms. The highest BCUT2D eigenvalue weighted by atomic mass is 79.9. The minimum absolute atomic E-state index is 0.0686. The van der Waals surface area contributed by atoms with Gasteiger partial charge in [0, 0.05) is 10.7 Å². The molecule has 6 nitrogen and oxygen atoms in total. The third kappa shape index (κ3) is 3.88. The van der Waals surface area contributed by atoms with Crippen molar-refractivity contribution in [1.29, 1.82) is 0 Å². The molecule has 1 N–H and O–H groups in total. The molecule has 3 rings (SSSR count). The van der Waals surface area contributed by atoms with Crippen molar-refractivity contribution in [2.24, 2.45) is 0 Å². The summed E-state index contributed by atoms with van der Waals surface area (Å²) in [5.74, 6) is 0.732. The molecule has 0 aliphatic heterocycles. The molecule has 130 valence electrons. The Morgan fingerprint density at radius 2 is 2.12 bits per heavy atom. The number of halogens is 1. The van der Waals surface area contributed by atoms with Gasteiger partial charge in [0.05, 0.1) is 18.3 Å². The number of aromatic nitrogens is 3. The summed E-state index contributed by atoms with van der Waals surface area (Å²) in [6.07, 6.45) is 1.92. The molecule has 1 aromatic carbocycles. The topological polar surface area (TPSA) is 62.5 Å². The Hall–Kier alpha value is -2.25. The van der Waals surface area contributed by atoms with Crippen molar-refractivity contribution in [3.05, 3.63) is 58.5 Å². The fraction of sp³-hybridized carbons (Fsp3) is 0.278. The maximum atomic E-state index is 12.6. The number of pyridine rings is 1. The number of nitrogens with zero attached hydrogens (tertiary/aromatic N) is 4. The van der Waals surface area contributed by atoms with E-state index in [4.69, 9.17) is 0 Å². The predicted molar refractivity (Wildman–Crippen MR) is 101 cm³/mol. The number of fused-ring (bicyclic) bond motifs is 1. The van der Waals surface area contributed by atoms with E-state index in [0.29, 0.717) is 6.54 Å². The zero-order chi connectivity index (χ0) is 18.0. The van der Waals surface area contributed by atoms with Crippen LogP contribution in [0.15, 0.2) is 47.1 Å². The molecule has 0 aliphatic rings. The molecule has 2 heterocycles. The average Bonchev–Trinajstić information content (AvgIpc) is 2.99. The van der Waals surface area contributed by atoms with Crippen LogP contribution in [0.25, 0.3) is 5.65 Å². The highest BCUT2D eigenvalue weighted by Gasteiger charge is 2.20. The number of carbonyl (C=O) groups is 1. The van der Waals surface area contributed by atoms with Crippen LogP contribution in [0, 0.1) is 6.92 Å². The third-order valence-electron chi connectivity index (χ3n) is 4.20. The Bertz CT molecular complexity index is 907. The third-order valence-corrected chi connectivity index (χ3v) is 4.85. The highest BCUT2D eigenvalue weighted by molar-refractivity contribution is 9.10. The van der Waals surface area contributed by atoms with Gasteiger partial charge in [0.15, 0.2) is 11.5 Å². The minimum Gasteiger partial charge on any atom is -0.324 e. The molecule has 7 heteroatoms. The van der Waals surface area contributed by atoms with Crippen molar-refractivity contribution in [1.82, 2.24) is 19.5 Å². The number of hydrogen-bond donors (Lipinski definition) is 1. The maximum absolute atomic E-state index is 12.6. The lowest BCUT2D eigenvalue weighted by molar-refractivity contribution is -0.120. The normalized spacial score (nSPS) is 12.5. The van der Waals surface area contributed by atoms with Gasteiger partial charge >= 0.3 is 0 Å². The Morgan fingerprint density at radius 1 is 1.32 bits per heavy atom. The Kier molecular flexibility index (Phi) is 5.15. The van der Waals surface area contributed by atoms with Crippen LogP contribution in [0.4, 0.5) is 5.69 Å². The van der Waals surface area contributed by atoms with Crippen LogP contribution >= 0.6 is 15.9 Å². The molecule has 0 radical (unpaired) electrons. The molecule has 0 saturated heterocycles. The van der Waals surface area contributed by atoms with Crippen molar-refractivity contribution >= 4 is 33.2 Å². The van der Waals surface area contributed by atoms with E-state index in [2.05, 4.69) is 31.4 Å². The number of likely N-dealkylation sites (N-methyl/N-ethyl adjacent to an activating group) is 1. The van der Waals surface area contributed by atoms with Crippen molar-refractivity contribution < 1.29 is 4.79 Å². The lowest BCUT2D eigenvalue weighted by atomic mass is 10.2. The van der Waals surface area contributed by atoms with Crippen molar-refractivity contribution in [3.63, 3.8) is 0 Å². The largest absolute Gasteiger partial charge is 0.324 e. The van der Waals surface area contributed by atoms with E-state index >= 15 is 0 Å². The first kappa shape index (κ1) is 17.6. The molecule has 2 aromatic heterocycles. The summed E-state index contributed by atoms with van der Waals surface area (Å²) in [6, 6.07) is 11.3. The quantitative estimate of drug-likeness (QED) is 0.712. The summed E-state index contributed by atoms with van der Waals surface area (Å²) in [6.45, 7) is 4.41. The first-order valence-electron chi connectivity index (χ1n) is 8.01. The second kappa shape index (κ2) is 7.33. The Morgan fingerprint density at radius 3 is 2.88 bits per heavy atom. The van der Waals surface area contributed by atoms with Crippen LogP contribution in [0.5, 0.6) is 0 Å². The standard InChI is InChI=1S/C18H20BrN5O/c1-12-7-8-15(14(19)10-12)20-18(25)13(2)23(3)11-17-22-21-16-6-4-5-9-24(16)17/h4-10,13H,11H2,1-3H3,(H,20,25)/t13-/m1/s1. The molecule has 0 saturated carbocycles. The maximum Gasteiger partial charge on any atom is 0.241 e. The van der Waals surface area contributed by atoms with Gasteiger partial charge in [-0.3, -0.25) is 14.1 Å². The van der Waals surface area contributed by atoms with Crippen LogP contribution in [0.1, 0.15) is 18.3 Å². The molecule has 0 spiro atoms. The highest BCUT2D eigenvalue weighted by Crippen LogP contribution is 2.23. The number of benzene rings is 1. The summed E-state index contributed by atoms with van der Waals surface area (Å²) in [7, 11) is 1.90. The van der Waals surface area contributed by atoms with E-state index in [1.807, 2.05) is 72.8 Å². The Labute approximate surface area is 155 Å². The number of nitrogens with one attached hydrogen (secondary N) is 1. The van der Waals surface area contributed by atoms with Crippen molar-refractivity contribution in [3.8, 4) is 0 Å². The summed E-state index contributed by atoms with van der Waals surface area (Å²) in [5, 5.41) is 11.3. The Balaban J connectivity index is 1.69. The fourth-order valence-electron chi connectivity index (χ4n) is 2.52. The van der Waals surface area contributed by atoms with Crippen LogP contribution < -0.4 is 5.32 Å². The minimum atomic E-state index is -0.315. The molecule has 1 atom stereocenters. The predicted octanol–water partition coefficient (Wildman–Crippen LogP) is 3.26. The SMILES string of the molecule is Cc1ccc(NC(=O)[C@@H](C)N(C)Cc2nnc3ccccn23)c(Br)c1. The van der Waals surface area contributed by atoms with Gasteiger partial charge in [0.2, 0.25) is 5.91 Å². The van der Waals surface area contributed by atoms with E-state index in [9.17, 15) is 4.79 Å². The second-order valence-electron chi connectivity index (χ2n) is 6.11. The van der Waals surface area contributed by atoms with Gasteiger partial charge in [-0.2, -0.15) is 0 Å². The van der Waals surface area contributed by atoms with Crippen molar-refractivity contribution in [2.45, 2.75) is 26.4 Å². The molecule has 0 unspecified atom stereocenters. The molecular weight excluding hydrogens is 382 g/mol. The van der Waals surface area contributed by atoms with E-state index in [1.165, 1.54) is 0 Å². The molecule has 3 aromatic rings. The number of rotatable bonds is 5. The van der Waals surface area contributed by atoms with Gasteiger partial charge in [0.1, 0.15) is 0 Å². The zero-order valence-corrected chi connectivity index (χ0v) is 16.0. The molecule has 1 amide bonds. The fourth-order valence-corrected chi connectivity index (χ4v) is 3.11. The lowest BCUT2D eigenvalue weighted by Crippen LogP contribution is -2.39. The van der Waals surface area contributed by atoms with E-state index < -0.39 is 0 Å². The summed E-state index contributed by atoms with van der Waals surface area (Å²) in [5.41, 5.74) is 2.70. The van der Waals surface area contributed by atoms with Gasteiger partial charge in [-0.25, -0.2) is 0 Å². The van der Waals surface area contributed by atoms with Gasteiger partial charge in [-0.15, -0.1) is 10.2 Å². The van der Waals surface area contributed by atoms with Gasteiger partial charge < -0.3 is 5.32 Å². The van der Waals surface area contributed by atoms with Gasteiger partial charge in [-0.1, -0.05) is 12.1 Å². The monoisotopic (exact) mass is 401 g/mol. The van der Waals surface area contributed by atoms with Gasteiger partial charge in [-0.05, 0) is 66.7 Å². The molecular formula is C18H20BrN5O. The summed E-state index contributed by atoms with van der Waals surface area (Å²) < 4.78 is 2.80. The van der Waals surface area contributed by atoms with Crippen LogP contribution in [-0.4, -0.2) is 38.5 Å². The number of aryl methyl sites for hydroxylation is 1. The van der Waals surface area contributed by atoms with Crippen molar-refractivity contribution in [2.75, 3.05) is 12.4 Å². The van der Waals surface area contributed by atoms with E-state index in [0.717, 1.165) is 27.2 Å². The van der Waals surface area contributed by atoms with Crippen LogP contribution in [0.3, 0.4) is 0 Å². The molecule has 0 bridgehead atoms. The average molecular weight is 402 g/mol. The smallest absolute Gasteiger partial charge is 0.241 e. The zero-order valence-electron chi connectivity index (χ0n) is 14.4.